The number of aryl methyl sites for hydroxylation is 1. The number of benzene rings is 1. The van der Waals surface area contributed by atoms with E-state index >= 15 is 0 Å². The van der Waals surface area contributed by atoms with Gasteiger partial charge in [-0.2, -0.15) is 0 Å². The smallest absolute Gasteiger partial charge is 0.223 e. The number of rotatable bonds is 6. The third kappa shape index (κ3) is 4.13. The molecule has 3 nitrogen and oxygen atoms in total. The van der Waals surface area contributed by atoms with Crippen molar-refractivity contribution in [3.63, 3.8) is 0 Å². The van der Waals surface area contributed by atoms with E-state index in [0.29, 0.717) is 18.5 Å². The lowest BCUT2D eigenvalue weighted by molar-refractivity contribution is -0.130. The molecule has 0 spiro atoms. The second-order valence-electron chi connectivity index (χ2n) is 5.46. The molecule has 0 aliphatic heterocycles. The first-order chi connectivity index (χ1) is 10.5. The second kappa shape index (κ2) is 7.49. The molecular weight excluding hydrogens is 299 g/mol. The van der Waals surface area contributed by atoms with Crippen LogP contribution in [-0.2, 0) is 17.8 Å². The maximum absolute atomic E-state index is 13.7. The van der Waals surface area contributed by atoms with E-state index in [1.165, 1.54) is 6.07 Å². The van der Waals surface area contributed by atoms with Crippen molar-refractivity contribution in [2.75, 3.05) is 7.05 Å². The van der Waals surface area contributed by atoms with Crippen molar-refractivity contribution in [1.29, 1.82) is 0 Å². The molecule has 0 radical (unpaired) electrons. The lowest BCUT2D eigenvalue weighted by Gasteiger charge is -2.19. The molecule has 1 heterocycles. The topological polar surface area (TPSA) is 33.2 Å². The minimum absolute atomic E-state index is 0.00167. The third-order valence-electron chi connectivity index (χ3n) is 3.64. The molecule has 1 atom stereocenters. The van der Waals surface area contributed by atoms with E-state index in [0.717, 1.165) is 17.1 Å². The van der Waals surface area contributed by atoms with Gasteiger partial charge in [-0.15, -0.1) is 11.3 Å². The minimum atomic E-state index is -0.252. The number of halogens is 1. The molecule has 22 heavy (non-hydrogen) atoms. The van der Waals surface area contributed by atoms with E-state index in [1.807, 2.05) is 12.3 Å². The molecule has 0 aliphatic rings. The van der Waals surface area contributed by atoms with Gasteiger partial charge in [-0.05, 0) is 24.0 Å². The summed E-state index contributed by atoms with van der Waals surface area (Å²) >= 11 is 1.62. The van der Waals surface area contributed by atoms with Crippen molar-refractivity contribution in [2.24, 2.45) is 0 Å². The summed E-state index contributed by atoms with van der Waals surface area (Å²) in [5, 5.41) is 3.07. The summed E-state index contributed by atoms with van der Waals surface area (Å²) in [5.74, 6) is -0.392. The van der Waals surface area contributed by atoms with Gasteiger partial charge >= 0.3 is 0 Å². The van der Waals surface area contributed by atoms with Gasteiger partial charge in [0.25, 0.3) is 0 Å². The molecule has 1 amide bonds. The van der Waals surface area contributed by atoms with E-state index in [9.17, 15) is 9.18 Å². The Labute approximate surface area is 134 Å². The highest BCUT2D eigenvalue weighted by molar-refractivity contribution is 7.09. The van der Waals surface area contributed by atoms with Crippen LogP contribution in [0.2, 0.25) is 0 Å². The fraction of sp³-hybridized carbons (Fsp3) is 0.412. The van der Waals surface area contributed by atoms with Crippen molar-refractivity contribution in [2.45, 2.75) is 39.2 Å². The Morgan fingerprint density at radius 1 is 1.41 bits per heavy atom. The average molecular weight is 320 g/mol. The first-order valence-corrected chi connectivity index (χ1v) is 8.30. The Hall–Kier alpha value is -1.75. The second-order valence-corrected chi connectivity index (χ2v) is 6.41. The quantitative estimate of drug-likeness (QED) is 0.806. The first-order valence-electron chi connectivity index (χ1n) is 7.43. The van der Waals surface area contributed by atoms with Gasteiger partial charge in [0.05, 0.1) is 17.2 Å². The van der Waals surface area contributed by atoms with Crippen LogP contribution in [0.25, 0.3) is 0 Å². The van der Waals surface area contributed by atoms with Gasteiger partial charge in [-0.1, -0.05) is 32.0 Å². The van der Waals surface area contributed by atoms with Gasteiger partial charge in [0.2, 0.25) is 5.91 Å². The van der Waals surface area contributed by atoms with Crippen LogP contribution in [0.4, 0.5) is 4.39 Å². The fourth-order valence-electron chi connectivity index (χ4n) is 2.32. The lowest BCUT2D eigenvalue weighted by atomic mass is 9.96. The summed E-state index contributed by atoms with van der Waals surface area (Å²) in [4.78, 5) is 18.4. The third-order valence-corrected chi connectivity index (χ3v) is 4.69. The van der Waals surface area contributed by atoms with Gasteiger partial charge < -0.3 is 4.90 Å². The zero-order valence-electron chi connectivity index (χ0n) is 13.2. The molecule has 0 saturated heterocycles. The van der Waals surface area contributed by atoms with Crippen LogP contribution in [0.5, 0.6) is 0 Å². The summed E-state index contributed by atoms with van der Waals surface area (Å²) in [6, 6.07) is 6.63. The van der Waals surface area contributed by atoms with Crippen molar-refractivity contribution < 1.29 is 9.18 Å². The van der Waals surface area contributed by atoms with E-state index in [-0.39, 0.29) is 17.6 Å². The van der Waals surface area contributed by atoms with Crippen molar-refractivity contribution in [3.05, 3.63) is 51.7 Å². The molecule has 0 saturated carbocycles. The average Bonchev–Trinajstić information content (AvgIpc) is 2.95. The molecule has 0 N–H and O–H groups in total. The fourth-order valence-corrected chi connectivity index (χ4v) is 3.05. The van der Waals surface area contributed by atoms with Crippen LogP contribution < -0.4 is 0 Å². The number of nitrogens with zero attached hydrogens (tertiary/aromatic N) is 2. The molecule has 1 aromatic carbocycles. The molecule has 118 valence electrons. The van der Waals surface area contributed by atoms with Crippen LogP contribution in [0.1, 0.15) is 42.5 Å². The number of hydrogen-bond acceptors (Lipinski definition) is 3. The van der Waals surface area contributed by atoms with Gasteiger partial charge in [-0.3, -0.25) is 4.79 Å². The summed E-state index contributed by atoms with van der Waals surface area (Å²) in [7, 11) is 1.77. The highest BCUT2D eigenvalue weighted by Gasteiger charge is 2.18. The molecule has 5 heteroatoms. The number of hydrogen-bond donors (Lipinski definition) is 0. The lowest BCUT2D eigenvalue weighted by Crippen LogP contribution is -2.27. The summed E-state index contributed by atoms with van der Waals surface area (Å²) < 4.78 is 13.7. The Morgan fingerprint density at radius 3 is 2.77 bits per heavy atom. The normalized spacial score (nSPS) is 12.2. The number of carbonyl (C=O) groups excluding carboxylic acids is 1. The van der Waals surface area contributed by atoms with Crippen LogP contribution in [-0.4, -0.2) is 22.8 Å². The van der Waals surface area contributed by atoms with Gasteiger partial charge in [-0.25, -0.2) is 9.37 Å². The number of amides is 1. The predicted molar refractivity (Wildman–Crippen MR) is 87.4 cm³/mol. The molecule has 0 unspecified atom stereocenters. The Balaban J connectivity index is 1.95. The Kier molecular flexibility index (Phi) is 5.66. The van der Waals surface area contributed by atoms with Crippen molar-refractivity contribution in [3.8, 4) is 0 Å². The molecular formula is C17H21FN2OS. The molecule has 0 bridgehead atoms. The van der Waals surface area contributed by atoms with E-state index in [4.69, 9.17) is 0 Å². The molecule has 0 aliphatic carbocycles. The van der Waals surface area contributed by atoms with E-state index in [2.05, 4.69) is 11.9 Å². The molecule has 2 aromatic rings. The predicted octanol–water partition coefficient (Wildman–Crippen LogP) is 4.00. The first kappa shape index (κ1) is 16.6. The zero-order chi connectivity index (χ0) is 16.1. The maximum Gasteiger partial charge on any atom is 0.223 e. The monoisotopic (exact) mass is 320 g/mol. The number of thiazole rings is 1. The number of carbonyl (C=O) groups is 1. The van der Waals surface area contributed by atoms with Gasteiger partial charge in [0, 0.05) is 18.8 Å². The molecule has 0 fully saturated rings. The number of aromatic nitrogens is 1. The van der Waals surface area contributed by atoms with Gasteiger partial charge in [0.15, 0.2) is 0 Å². The zero-order valence-corrected chi connectivity index (χ0v) is 14.0. The van der Waals surface area contributed by atoms with Crippen molar-refractivity contribution in [1.82, 2.24) is 9.88 Å². The minimum Gasteiger partial charge on any atom is -0.340 e. The summed E-state index contributed by atoms with van der Waals surface area (Å²) in [6.07, 6.45) is 1.20. The highest BCUT2D eigenvalue weighted by Crippen LogP contribution is 2.23. The summed E-state index contributed by atoms with van der Waals surface area (Å²) in [6.45, 7) is 4.44. The summed E-state index contributed by atoms with van der Waals surface area (Å²) in [5.41, 5.74) is 1.50. The van der Waals surface area contributed by atoms with E-state index in [1.54, 1.807) is 41.5 Å². The molecule has 1 aromatic heterocycles. The maximum atomic E-state index is 13.7. The SMILES string of the molecule is CCc1nc(CN(C)C(=O)C[C@H](C)c2ccccc2F)cs1. The van der Waals surface area contributed by atoms with Crippen LogP contribution in [0, 0.1) is 5.82 Å². The Bertz CT molecular complexity index is 641. The van der Waals surface area contributed by atoms with Crippen LogP contribution in [0.15, 0.2) is 29.6 Å². The Morgan fingerprint density at radius 2 is 2.14 bits per heavy atom. The van der Waals surface area contributed by atoms with Crippen molar-refractivity contribution >= 4 is 17.2 Å². The standard InChI is InChI=1S/C17H21FN2OS/c1-4-16-19-13(11-22-16)10-20(3)17(21)9-12(2)14-7-5-6-8-15(14)18/h5-8,11-12H,4,9-10H2,1-3H3/t12-/m0/s1. The largest absolute Gasteiger partial charge is 0.340 e. The van der Waals surface area contributed by atoms with Gasteiger partial charge in [0.1, 0.15) is 5.82 Å². The van der Waals surface area contributed by atoms with E-state index < -0.39 is 0 Å². The van der Waals surface area contributed by atoms with Crippen LogP contribution >= 0.6 is 11.3 Å². The highest BCUT2D eigenvalue weighted by atomic mass is 32.1. The van der Waals surface area contributed by atoms with Crippen LogP contribution in [0.3, 0.4) is 0 Å². The molecule has 2 rings (SSSR count).